The van der Waals surface area contributed by atoms with Gasteiger partial charge in [-0.2, -0.15) is 0 Å². The fourth-order valence-corrected chi connectivity index (χ4v) is 6.82. The predicted molar refractivity (Wildman–Crippen MR) is 163 cm³/mol. The fraction of sp³-hybridized carbons (Fsp3) is 0.529. The van der Waals surface area contributed by atoms with E-state index in [4.69, 9.17) is 0 Å². The molecule has 3 aliphatic rings. The van der Waals surface area contributed by atoms with Gasteiger partial charge in [-0.1, -0.05) is 61.7 Å². The highest BCUT2D eigenvalue weighted by Gasteiger charge is 2.40. The number of carbonyl (C=O) groups excluding carboxylic acids is 4. The summed E-state index contributed by atoms with van der Waals surface area (Å²) < 4.78 is 0. The number of aromatic hydroxyl groups is 1. The van der Waals surface area contributed by atoms with E-state index in [0.717, 1.165) is 30.4 Å². The van der Waals surface area contributed by atoms with E-state index in [-0.39, 0.29) is 17.8 Å². The summed E-state index contributed by atoms with van der Waals surface area (Å²) >= 11 is 0. The maximum absolute atomic E-state index is 13.5. The Bertz CT molecular complexity index is 1260. The van der Waals surface area contributed by atoms with Gasteiger partial charge in [0.25, 0.3) is 0 Å². The van der Waals surface area contributed by atoms with Crippen LogP contribution in [0.5, 0.6) is 5.75 Å². The van der Waals surface area contributed by atoms with E-state index in [9.17, 15) is 24.3 Å². The number of piperazine rings is 2. The molecule has 1 saturated carbocycles. The van der Waals surface area contributed by atoms with Crippen molar-refractivity contribution in [2.24, 2.45) is 5.92 Å². The summed E-state index contributed by atoms with van der Waals surface area (Å²) in [5, 5.41) is 12.5. The average Bonchev–Trinajstić information content (AvgIpc) is 3.03. The number of carbonyl (C=O) groups is 4. The first kappa shape index (κ1) is 30.6. The van der Waals surface area contributed by atoms with Crippen LogP contribution < -0.4 is 5.32 Å². The van der Waals surface area contributed by atoms with Crippen LogP contribution >= 0.6 is 0 Å². The van der Waals surface area contributed by atoms with Gasteiger partial charge < -0.3 is 25.1 Å². The molecule has 2 aromatic carbocycles. The lowest BCUT2D eigenvalue weighted by atomic mass is 9.88. The maximum atomic E-state index is 13.5. The minimum absolute atomic E-state index is 0.0965. The molecule has 2 N–H and O–H groups in total. The zero-order chi connectivity index (χ0) is 30.2. The number of nitrogens with zero attached hydrogens (tertiary/aromatic N) is 3. The number of phenolic OH excluding ortho intramolecular Hbond substituents is 1. The minimum Gasteiger partial charge on any atom is -0.508 e. The first-order valence-corrected chi connectivity index (χ1v) is 15.9. The van der Waals surface area contributed by atoms with Crippen molar-refractivity contribution in [2.75, 3.05) is 32.7 Å². The Hall–Kier alpha value is -3.88. The zero-order valence-electron chi connectivity index (χ0n) is 25.0. The normalized spacial score (nSPS) is 21.8. The number of amides is 4. The standard InChI is InChI=1S/C34H44N4O5/c39-30-16-14-26(15-17-30)21-29-24-36(33(42)34(43)38(29)23-27-11-5-2-6-12-27)19-8-7-13-28-22-35-31(40)32(41)37(28)20-18-25-9-3-1-4-10-25/h1,3-4,9-10,14-17,27-29,39H,2,5-8,11-13,18-24H2,(H,35,40)/t28-,29+/m1/s1. The van der Waals surface area contributed by atoms with Crippen LogP contribution in [0, 0.1) is 5.92 Å². The second-order valence-corrected chi connectivity index (χ2v) is 12.3. The molecule has 230 valence electrons. The molecule has 2 aliphatic heterocycles. The van der Waals surface area contributed by atoms with Crippen molar-refractivity contribution in [1.29, 1.82) is 0 Å². The third-order valence-corrected chi connectivity index (χ3v) is 9.28. The smallest absolute Gasteiger partial charge is 0.312 e. The summed E-state index contributed by atoms with van der Waals surface area (Å²) in [6.07, 6.45) is 9.27. The number of benzene rings is 2. The third-order valence-electron chi connectivity index (χ3n) is 9.28. The van der Waals surface area contributed by atoms with Gasteiger partial charge in [-0.15, -0.1) is 0 Å². The molecular weight excluding hydrogens is 544 g/mol. The summed E-state index contributed by atoms with van der Waals surface area (Å²) in [7, 11) is 0. The molecule has 4 amide bonds. The highest BCUT2D eigenvalue weighted by Crippen LogP contribution is 2.28. The molecule has 2 atom stereocenters. The van der Waals surface area contributed by atoms with E-state index >= 15 is 0 Å². The number of hydrogen-bond donors (Lipinski definition) is 2. The SMILES string of the molecule is O=C1NC[C@@H](CCCCN2C[C@H](Cc3ccc(O)cc3)N(CC3CCCCC3)C(=O)C2=O)N(CCc2ccccc2)C1=O. The molecular formula is C34H44N4O5. The van der Waals surface area contributed by atoms with E-state index in [2.05, 4.69) is 5.32 Å². The summed E-state index contributed by atoms with van der Waals surface area (Å²) in [6, 6.07) is 16.8. The van der Waals surface area contributed by atoms with Crippen LogP contribution in [-0.2, 0) is 32.0 Å². The number of hydrogen-bond acceptors (Lipinski definition) is 5. The highest BCUT2D eigenvalue weighted by molar-refractivity contribution is 6.36. The molecule has 0 spiro atoms. The van der Waals surface area contributed by atoms with Gasteiger partial charge in [-0.05, 0) is 74.1 Å². The Kier molecular flexibility index (Phi) is 10.3. The highest BCUT2D eigenvalue weighted by atomic mass is 16.3. The Morgan fingerprint density at radius 2 is 1.49 bits per heavy atom. The van der Waals surface area contributed by atoms with E-state index in [1.54, 1.807) is 21.9 Å². The monoisotopic (exact) mass is 588 g/mol. The van der Waals surface area contributed by atoms with Gasteiger partial charge in [-0.3, -0.25) is 19.2 Å². The average molecular weight is 589 g/mol. The van der Waals surface area contributed by atoms with Gasteiger partial charge in [0.1, 0.15) is 5.75 Å². The molecule has 2 heterocycles. The fourth-order valence-electron chi connectivity index (χ4n) is 6.82. The van der Waals surface area contributed by atoms with Crippen molar-refractivity contribution in [1.82, 2.24) is 20.0 Å². The van der Waals surface area contributed by atoms with E-state index in [1.807, 2.05) is 47.4 Å². The molecule has 0 unspecified atom stereocenters. The van der Waals surface area contributed by atoms with Gasteiger partial charge in [0, 0.05) is 38.8 Å². The number of phenols is 1. The minimum atomic E-state index is -0.556. The van der Waals surface area contributed by atoms with Crippen LogP contribution in [0.2, 0.25) is 0 Å². The Morgan fingerprint density at radius 1 is 0.744 bits per heavy atom. The number of nitrogens with one attached hydrogen (secondary N) is 1. The van der Waals surface area contributed by atoms with Gasteiger partial charge in [0.15, 0.2) is 0 Å². The van der Waals surface area contributed by atoms with Crippen LogP contribution in [-0.4, -0.2) is 88.2 Å². The molecule has 0 bridgehead atoms. The molecule has 1 aliphatic carbocycles. The van der Waals surface area contributed by atoms with Gasteiger partial charge in [-0.25, -0.2) is 0 Å². The number of unbranched alkanes of at least 4 members (excludes halogenated alkanes) is 1. The van der Waals surface area contributed by atoms with Crippen molar-refractivity contribution in [3.05, 3.63) is 65.7 Å². The van der Waals surface area contributed by atoms with E-state index in [0.29, 0.717) is 64.3 Å². The first-order chi connectivity index (χ1) is 20.9. The second-order valence-electron chi connectivity index (χ2n) is 12.3. The molecule has 0 aromatic heterocycles. The van der Waals surface area contributed by atoms with Crippen LogP contribution in [0.1, 0.15) is 62.5 Å². The first-order valence-electron chi connectivity index (χ1n) is 15.9. The maximum Gasteiger partial charge on any atom is 0.312 e. The lowest BCUT2D eigenvalue weighted by molar-refractivity contribution is -0.159. The topological polar surface area (TPSA) is 110 Å². The molecule has 5 rings (SSSR count). The third kappa shape index (κ3) is 7.94. The summed E-state index contributed by atoms with van der Waals surface area (Å²) in [5.74, 6) is -1.24. The van der Waals surface area contributed by atoms with Crippen molar-refractivity contribution in [2.45, 2.75) is 76.3 Å². The zero-order valence-corrected chi connectivity index (χ0v) is 25.0. The van der Waals surface area contributed by atoms with Crippen LogP contribution in [0.4, 0.5) is 0 Å². The van der Waals surface area contributed by atoms with Crippen molar-refractivity contribution in [3.8, 4) is 5.75 Å². The molecule has 43 heavy (non-hydrogen) atoms. The van der Waals surface area contributed by atoms with Gasteiger partial charge in [0.2, 0.25) is 0 Å². The Balaban J connectivity index is 1.18. The van der Waals surface area contributed by atoms with Crippen molar-refractivity contribution >= 4 is 23.6 Å². The van der Waals surface area contributed by atoms with Crippen LogP contribution in [0.3, 0.4) is 0 Å². The largest absolute Gasteiger partial charge is 0.508 e. The van der Waals surface area contributed by atoms with Crippen LogP contribution in [0.25, 0.3) is 0 Å². The lowest BCUT2D eigenvalue weighted by Gasteiger charge is -2.42. The molecule has 0 radical (unpaired) electrons. The lowest BCUT2D eigenvalue weighted by Crippen LogP contribution is -2.61. The summed E-state index contributed by atoms with van der Waals surface area (Å²) in [5.41, 5.74) is 2.14. The second kappa shape index (κ2) is 14.5. The van der Waals surface area contributed by atoms with Crippen molar-refractivity contribution < 1.29 is 24.3 Å². The van der Waals surface area contributed by atoms with Gasteiger partial charge in [0.05, 0.1) is 6.04 Å². The van der Waals surface area contributed by atoms with Crippen LogP contribution in [0.15, 0.2) is 54.6 Å². The summed E-state index contributed by atoms with van der Waals surface area (Å²) in [6.45, 7) is 2.49. The molecule has 3 fully saturated rings. The van der Waals surface area contributed by atoms with E-state index < -0.39 is 23.6 Å². The van der Waals surface area contributed by atoms with Crippen molar-refractivity contribution in [3.63, 3.8) is 0 Å². The van der Waals surface area contributed by atoms with E-state index in [1.165, 1.54) is 19.3 Å². The molecule has 2 aromatic rings. The summed E-state index contributed by atoms with van der Waals surface area (Å²) in [4.78, 5) is 56.7. The molecule has 9 heteroatoms. The molecule has 9 nitrogen and oxygen atoms in total. The van der Waals surface area contributed by atoms with Gasteiger partial charge >= 0.3 is 23.6 Å². The molecule has 2 saturated heterocycles. The Morgan fingerprint density at radius 3 is 2.23 bits per heavy atom. The Labute approximate surface area is 254 Å². The number of rotatable bonds is 12. The quantitative estimate of drug-likeness (QED) is 0.292. The predicted octanol–water partition coefficient (Wildman–Crippen LogP) is 3.29.